The first-order valence-electron chi connectivity index (χ1n) is 6.03. The molecule has 1 heterocycles. The molecule has 1 aromatic rings. The molecule has 0 spiro atoms. The van der Waals surface area contributed by atoms with Crippen LogP contribution >= 0.6 is 0 Å². The average molecular weight is 257 g/mol. The lowest BCUT2D eigenvalue weighted by atomic mass is 10.1. The molecule has 0 radical (unpaired) electrons. The fourth-order valence-electron chi connectivity index (χ4n) is 1.97. The third kappa shape index (κ3) is 3.17. The second-order valence-corrected chi connectivity index (χ2v) is 4.46. The van der Waals surface area contributed by atoms with Gasteiger partial charge in [-0.25, -0.2) is 8.78 Å². The standard InChI is InChI=1S/C13H17F2NO2/c1-16-6-10-4-11(14)13(12(15)5-10)18-8-9-2-3-17-7-9/h4-5,9,16H,2-3,6-8H2,1H3. The minimum atomic E-state index is -0.654. The van der Waals surface area contributed by atoms with Crippen LogP contribution in [0.5, 0.6) is 5.75 Å². The molecule has 2 rings (SSSR count). The van der Waals surface area contributed by atoms with E-state index in [9.17, 15) is 8.78 Å². The van der Waals surface area contributed by atoms with Gasteiger partial charge in [0.1, 0.15) is 0 Å². The molecule has 0 saturated carbocycles. The maximum atomic E-state index is 13.7. The van der Waals surface area contributed by atoms with E-state index in [4.69, 9.17) is 9.47 Å². The predicted molar refractivity (Wildman–Crippen MR) is 63.5 cm³/mol. The van der Waals surface area contributed by atoms with Crippen LogP contribution in [0.1, 0.15) is 12.0 Å². The van der Waals surface area contributed by atoms with Gasteiger partial charge in [-0.1, -0.05) is 0 Å². The minimum Gasteiger partial charge on any atom is -0.487 e. The van der Waals surface area contributed by atoms with Crippen LogP contribution in [-0.2, 0) is 11.3 Å². The van der Waals surface area contributed by atoms with Gasteiger partial charge in [-0.05, 0) is 31.2 Å². The Morgan fingerprint density at radius 3 is 2.67 bits per heavy atom. The molecule has 100 valence electrons. The van der Waals surface area contributed by atoms with E-state index in [0.717, 1.165) is 6.42 Å². The van der Waals surface area contributed by atoms with Crippen molar-refractivity contribution in [3.8, 4) is 5.75 Å². The van der Waals surface area contributed by atoms with Crippen molar-refractivity contribution in [1.82, 2.24) is 5.32 Å². The van der Waals surface area contributed by atoms with Crippen LogP contribution in [0.4, 0.5) is 8.78 Å². The van der Waals surface area contributed by atoms with Gasteiger partial charge in [0, 0.05) is 19.1 Å². The molecule has 0 aliphatic carbocycles. The van der Waals surface area contributed by atoms with Crippen molar-refractivity contribution in [3.63, 3.8) is 0 Å². The molecule has 1 N–H and O–H groups in total. The average Bonchev–Trinajstić information content (AvgIpc) is 2.81. The Labute approximate surface area is 105 Å². The van der Waals surface area contributed by atoms with Crippen molar-refractivity contribution in [1.29, 1.82) is 0 Å². The first kappa shape index (κ1) is 13.2. The largest absolute Gasteiger partial charge is 0.487 e. The fraction of sp³-hybridized carbons (Fsp3) is 0.538. The van der Waals surface area contributed by atoms with E-state index < -0.39 is 11.6 Å². The summed E-state index contributed by atoms with van der Waals surface area (Å²) in [6.45, 7) is 2.00. The number of hydrogen-bond acceptors (Lipinski definition) is 3. The summed E-state index contributed by atoms with van der Waals surface area (Å²) in [7, 11) is 1.72. The van der Waals surface area contributed by atoms with Crippen molar-refractivity contribution in [2.45, 2.75) is 13.0 Å². The van der Waals surface area contributed by atoms with Crippen molar-refractivity contribution < 1.29 is 18.3 Å². The molecule has 5 heteroatoms. The normalized spacial score (nSPS) is 19.2. The van der Waals surface area contributed by atoms with Crippen LogP contribution in [0.15, 0.2) is 12.1 Å². The molecule has 1 aromatic carbocycles. The summed E-state index contributed by atoms with van der Waals surface area (Å²) in [4.78, 5) is 0. The Morgan fingerprint density at radius 2 is 2.11 bits per heavy atom. The van der Waals surface area contributed by atoms with Crippen LogP contribution < -0.4 is 10.1 Å². The van der Waals surface area contributed by atoms with Crippen LogP contribution in [-0.4, -0.2) is 26.9 Å². The summed E-state index contributed by atoms with van der Waals surface area (Å²) in [5.41, 5.74) is 0.559. The van der Waals surface area contributed by atoms with Gasteiger partial charge in [0.15, 0.2) is 17.4 Å². The smallest absolute Gasteiger partial charge is 0.190 e. The van der Waals surface area contributed by atoms with Gasteiger partial charge in [0.05, 0.1) is 13.2 Å². The summed E-state index contributed by atoms with van der Waals surface area (Å²) in [5, 5.41) is 2.84. The van der Waals surface area contributed by atoms with Crippen LogP contribution in [0.25, 0.3) is 0 Å². The summed E-state index contributed by atoms with van der Waals surface area (Å²) >= 11 is 0. The lowest BCUT2D eigenvalue weighted by Crippen LogP contribution is -2.13. The summed E-state index contributed by atoms with van der Waals surface area (Å²) < 4.78 is 37.8. The molecule has 1 unspecified atom stereocenters. The molecule has 1 aliphatic rings. The van der Waals surface area contributed by atoms with Crippen LogP contribution in [0.2, 0.25) is 0 Å². The van der Waals surface area contributed by atoms with E-state index in [0.29, 0.717) is 31.9 Å². The summed E-state index contributed by atoms with van der Waals surface area (Å²) in [6, 6.07) is 2.58. The molecule has 18 heavy (non-hydrogen) atoms. The van der Waals surface area contributed by atoms with Gasteiger partial charge in [-0.3, -0.25) is 0 Å². The van der Waals surface area contributed by atoms with Gasteiger partial charge in [-0.15, -0.1) is 0 Å². The maximum Gasteiger partial charge on any atom is 0.190 e. The highest BCUT2D eigenvalue weighted by molar-refractivity contribution is 5.31. The topological polar surface area (TPSA) is 30.5 Å². The number of benzene rings is 1. The Kier molecular flexibility index (Phi) is 4.49. The van der Waals surface area contributed by atoms with Crippen LogP contribution in [0, 0.1) is 17.6 Å². The first-order chi connectivity index (χ1) is 8.70. The number of rotatable bonds is 5. The second kappa shape index (κ2) is 6.11. The molecule has 1 atom stereocenters. The van der Waals surface area contributed by atoms with Gasteiger partial charge in [0.2, 0.25) is 0 Å². The molecule has 0 bridgehead atoms. The number of ether oxygens (including phenoxy) is 2. The Balaban J connectivity index is 2.02. The van der Waals surface area contributed by atoms with Crippen molar-refractivity contribution >= 4 is 0 Å². The molecule has 1 saturated heterocycles. The van der Waals surface area contributed by atoms with Gasteiger partial charge < -0.3 is 14.8 Å². The van der Waals surface area contributed by atoms with E-state index in [2.05, 4.69) is 5.32 Å². The molecule has 0 amide bonds. The maximum absolute atomic E-state index is 13.7. The third-order valence-electron chi connectivity index (χ3n) is 2.93. The molecule has 3 nitrogen and oxygen atoms in total. The zero-order chi connectivity index (χ0) is 13.0. The zero-order valence-corrected chi connectivity index (χ0v) is 10.3. The molecule has 0 aromatic heterocycles. The highest BCUT2D eigenvalue weighted by Crippen LogP contribution is 2.25. The highest BCUT2D eigenvalue weighted by Gasteiger charge is 2.19. The van der Waals surface area contributed by atoms with Crippen molar-refractivity contribution in [3.05, 3.63) is 29.3 Å². The minimum absolute atomic E-state index is 0.223. The van der Waals surface area contributed by atoms with E-state index in [-0.39, 0.29) is 11.7 Å². The first-order valence-corrected chi connectivity index (χ1v) is 6.03. The quantitative estimate of drug-likeness (QED) is 0.876. The van der Waals surface area contributed by atoms with Gasteiger partial charge in [0.25, 0.3) is 0 Å². The molecular weight excluding hydrogens is 240 g/mol. The second-order valence-electron chi connectivity index (χ2n) is 4.46. The Bertz CT molecular complexity index is 383. The zero-order valence-electron chi connectivity index (χ0n) is 10.3. The number of hydrogen-bond donors (Lipinski definition) is 1. The SMILES string of the molecule is CNCc1cc(F)c(OCC2CCOC2)c(F)c1. The van der Waals surface area contributed by atoms with E-state index in [1.807, 2.05) is 0 Å². The van der Waals surface area contributed by atoms with Crippen LogP contribution in [0.3, 0.4) is 0 Å². The van der Waals surface area contributed by atoms with E-state index in [1.165, 1.54) is 12.1 Å². The molecule has 1 fully saturated rings. The molecule has 1 aliphatic heterocycles. The summed E-state index contributed by atoms with van der Waals surface area (Å²) in [5.74, 6) is -1.37. The number of halogens is 2. The van der Waals surface area contributed by atoms with E-state index in [1.54, 1.807) is 7.05 Å². The number of nitrogens with one attached hydrogen (secondary N) is 1. The summed E-state index contributed by atoms with van der Waals surface area (Å²) in [6.07, 6.45) is 0.876. The van der Waals surface area contributed by atoms with Crippen molar-refractivity contribution in [2.24, 2.45) is 5.92 Å². The Morgan fingerprint density at radius 1 is 1.39 bits per heavy atom. The van der Waals surface area contributed by atoms with Crippen molar-refractivity contribution in [2.75, 3.05) is 26.9 Å². The predicted octanol–water partition coefficient (Wildman–Crippen LogP) is 2.10. The van der Waals surface area contributed by atoms with Gasteiger partial charge >= 0.3 is 0 Å². The fourth-order valence-corrected chi connectivity index (χ4v) is 1.97. The lowest BCUT2D eigenvalue weighted by Gasteiger charge is -2.12. The molecular formula is C13H17F2NO2. The lowest BCUT2D eigenvalue weighted by molar-refractivity contribution is 0.163. The van der Waals surface area contributed by atoms with E-state index >= 15 is 0 Å². The monoisotopic (exact) mass is 257 g/mol. The third-order valence-corrected chi connectivity index (χ3v) is 2.93. The highest BCUT2D eigenvalue weighted by atomic mass is 19.1. The van der Waals surface area contributed by atoms with Gasteiger partial charge in [-0.2, -0.15) is 0 Å². The Hall–Kier alpha value is -1.20.